The Morgan fingerprint density at radius 3 is 2.20 bits per heavy atom. The number of piperidine rings is 2. The first kappa shape index (κ1) is 27.6. The summed E-state index contributed by atoms with van der Waals surface area (Å²) in [6.07, 6.45) is 4.70. The van der Waals surface area contributed by atoms with Crippen LogP contribution in [0.1, 0.15) is 52.1 Å². The summed E-state index contributed by atoms with van der Waals surface area (Å²) in [4.78, 5) is 34.2. The highest BCUT2D eigenvalue weighted by Crippen LogP contribution is 2.23. The standard InChI is InChI=1S/C31H35FN4O4/c1-39-26-7-9-27(10-8-26)40-28-14-18-36(19-15-28)31(38)23-4-11-29(33-20-23)30(37)34-25-12-16-35(17-13-25)21-22-2-5-24(32)6-3-22/h2-11,20,25,28H,12-19,21H2,1H3,(H,34,37). The highest BCUT2D eigenvalue weighted by atomic mass is 19.1. The Labute approximate surface area is 234 Å². The number of amides is 2. The van der Waals surface area contributed by atoms with Gasteiger partial charge in [-0.25, -0.2) is 4.39 Å². The molecule has 2 aliphatic heterocycles. The Balaban J connectivity index is 1.05. The number of benzene rings is 2. The molecule has 40 heavy (non-hydrogen) atoms. The van der Waals surface area contributed by atoms with Gasteiger partial charge < -0.3 is 19.7 Å². The van der Waals surface area contributed by atoms with Gasteiger partial charge in [-0.1, -0.05) is 12.1 Å². The topological polar surface area (TPSA) is 84.0 Å². The lowest BCUT2D eigenvalue weighted by molar-refractivity contribution is 0.0594. The number of hydrogen-bond donors (Lipinski definition) is 1. The van der Waals surface area contributed by atoms with Crippen LogP contribution in [0.15, 0.2) is 66.9 Å². The van der Waals surface area contributed by atoms with Crippen molar-refractivity contribution in [3.05, 3.63) is 89.5 Å². The predicted molar refractivity (Wildman–Crippen MR) is 149 cm³/mol. The number of carbonyl (C=O) groups is 2. The molecule has 3 aromatic rings. The number of ether oxygens (including phenoxy) is 2. The molecule has 210 valence electrons. The van der Waals surface area contributed by atoms with Crippen molar-refractivity contribution in [1.82, 2.24) is 20.1 Å². The van der Waals surface area contributed by atoms with Gasteiger partial charge in [-0.3, -0.25) is 19.5 Å². The van der Waals surface area contributed by atoms with Crippen molar-refractivity contribution in [2.45, 2.75) is 44.4 Å². The van der Waals surface area contributed by atoms with Gasteiger partial charge in [0.2, 0.25) is 0 Å². The van der Waals surface area contributed by atoms with Gasteiger partial charge in [0.25, 0.3) is 11.8 Å². The fraction of sp³-hybridized carbons (Fsp3) is 0.387. The molecule has 0 bridgehead atoms. The van der Waals surface area contributed by atoms with Gasteiger partial charge in [0, 0.05) is 57.8 Å². The number of methoxy groups -OCH3 is 1. The second-order valence-corrected chi connectivity index (χ2v) is 10.4. The SMILES string of the molecule is COc1ccc(OC2CCN(C(=O)c3ccc(C(=O)NC4CCN(Cc5ccc(F)cc5)CC4)nc3)CC2)cc1. The van der Waals surface area contributed by atoms with E-state index in [-0.39, 0.29) is 29.8 Å². The van der Waals surface area contributed by atoms with Gasteiger partial charge in [0.15, 0.2) is 0 Å². The van der Waals surface area contributed by atoms with Crippen LogP contribution in [0.2, 0.25) is 0 Å². The Hall–Kier alpha value is -3.98. The van der Waals surface area contributed by atoms with E-state index in [1.165, 1.54) is 18.3 Å². The van der Waals surface area contributed by atoms with Crippen LogP contribution >= 0.6 is 0 Å². The largest absolute Gasteiger partial charge is 0.497 e. The highest BCUT2D eigenvalue weighted by molar-refractivity contribution is 5.96. The number of aromatic nitrogens is 1. The average Bonchev–Trinajstić information content (AvgIpc) is 3.00. The molecule has 0 aliphatic carbocycles. The molecule has 0 spiro atoms. The van der Waals surface area contributed by atoms with Crippen LogP contribution in [-0.4, -0.2) is 72.0 Å². The van der Waals surface area contributed by atoms with Crippen molar-refractivity contribution >= 4 is 11.8 Å². The predicted octanol–water partition coefficient (Wildman–Crippen LogP) is 4.31. The van der Waals surface area contributed by atoms with Gasteiger partial charge in [0.05, 0.1) is 12.7 Å². The zero-order valence-corrected chi connectivity index (χ0v) is 22.7. The first-order valence-electron chi connectivity index (χ1n) is 13.8. The Kier molecular flexibility index (Phi) is 8.91. The van der Waals surface area contributed by atoms with Crippen LogP contribution < -0.4 is 14.8 Å². The zero-order chi connectivity index (χ0) is 27.9. The molecule has 1 N–H and O–H groups in total. The molecular weight excluding hydrogens is 511 g/mol. The van der Waals surface area contributed by atoms with Gasteiger partial charge in [-0.15, -0.1) is 0 Å². The molecule has 3 heterocycles. The molecule has 2 saturated heterocycles. The maximum atomic E-state index is 13.1. The van der Waals surface area contributed by atoms with Crippen LogP contribution in [0.3, 0.4) is 0 Å². The quantitative estimate of drug-likeness (QED) is 0.454. The van der Waals surface area contributed by atoms with Crippen LogP contribution in [0.5, 0.6) is 11.5 Å². The van der Waals surface area contributed by atoms with Crippen molar-refractivity contribution in [1.29, 1.82) is 0 Å². The maximum Gasteiger partial charge on any atom is 0.270 e. The van der Waals surface area contributed by atoms with Crippen LogP contribution in [-0.2, 0) is 6.54 Å². The maximum absolute atomic E-state index is 13.1. The summed E-state index contributed by atoms with van der Waals surface area (Å²) < 4.78 is 24.4. The van der Waals surface area contributed by atoms with Gasteiger partial charge in [-0.05, 0) is 66.9 Å². The minimum absolute atomic E-state index is 0.0522. The smallest absolute Gasteiger partial charge is 0.270 e. The number of hydrogen-bond acceptors (Lipinski definition) is 6. The monoisotopic (exact) mass is 546 g/mol. The summed E-state index contributed by atoms with van der Waals surface area (Å²) in [5, 5.41) is 3.08. The van der Waals surface area contributed by atoms with Gasteiger partial charge in [-0.2, -0.15) is 0 Å². The minimum Gasteiger partial charge on any atom is -0.497 e. The van der Waals surface area contributed by atoms with Crippen molar-refractivity contribution in [3.8, 4) is 11.5 Å². The lowest BCUT2D eigenvalue weighted by Crippen LogP contribution is -2.44. The summed E-state index contributed by atoms with van der Waals surface area (Å²) >= 11 is 0. The highest BCUT2D eigenvalue weighted by Gasteiger charge is 2.26. The van der Waals surface area contributed by atoms with E-state index in [4.69, 9.17) is 9.47 Å². The lowest BCUT2D eigenvalue weighted by Gasteiger charge is -2.32. The second-order valence-electron chi connectivity index (χ2n) is 10.4. The molecule has 0 radical (unpaired) electrons. The molecule has 1 aromatic heterocycles. The van der Waals surface area contributed by atoms with Crippen molar-refractivity contribution in [3.63, 3.8) is 0 Å². The van der Waals surface area contributed by atoms with Crippen LogP contribution in [0.25, 0.3) is 0 Å². The third-order valence-electron chi connectivity index (χ3n) is 7.58. The van der Waals surface area contributed by atoms with Gasteiger partial charge >= 0.3 is 0 Å². The normalized spacial score (nSPS) is 16.9. The lowest BCUT2D eigenvalue weighted by atomic mass is 10.0. The number of halogens is 1. The molecule has 2 aliphatic rings. The number of pyridine rings is 1. The van der Waals surface area contributed by atoms with Gasteiger partial charge in [0.1, 0.15) is 29.1 Å². The fourth-order valence-electron chi connectivity index (χ4n) is 5.20. The fourth-order valence-corrected chi connectivity index (χ4v) is 5.20. The average molecular weight is 547 g/mol. The Bertz CT molecular complexity index is 1270. The number of rotatable bonds is 8. The molecule has 0 unspecified atom stereocenters. The number of nitrogens with zero attached hydrogens (tertiary/aromatic N) is 3. The van der Waals surface area contributed by atoms with E-state index in [1.807, 2.05) is 41.3 Å². The summed E-state index contributed by atoms with van der Waals surface area (Å²) in [6.45, 7) is 3.67. The molecule has 2 aromatic carbocycles. The second kappa shape index (κ2) is 12.9. The minimum atomic E-state index is -0.229. The number of carbonyl (C=O) groups excluding carboxylic acids is 2. The molecule has 0 saturated carbocycles. The summed E-state index contributed by atoms with van der Waals surface area (Å²) in [6, 6.07) is 17.5. The molecule has 5 rings (SSSR count). The summed E-state index contributed by atoms with van der Waals surface area (Å²) in [5.74, 6) is 1.03. The number of nitrogens with one attached hydrogen (secondary N) is 1. The zero-order valence-electron chi connectivity index (χ0n) is 22.7. The van der Waals surface area contributed by atoms with E-state index in [0.29, 0.717) is 24.3 Å². The van der Waals surface area contributed by atoms with Crippen molar-refractivity contribution in [2.24, 2.45) is 0 Å². The molecule has 8 nitrogen and oxygen atoms in total. The summed E-state index contributed by atoms with van der Waals surface area (Å²) in [7, 11) is 1.63. The van der Waals surface area contributed by atoms with Crippen LogP contribution in [0.4, 0.5) is 4.39 Å². The van der Waals surface area contributed by atoms with E-state index in [0.717, 1.165) is 62.4 Å². The van der Waals surface area contributed by atoms with E-state index in [9.17, 15) is 14.0 Å². The van der Waals surface area contributed by atoms with E-state index in [2.05, 4.69) is 15.2 Å². The summed E-state index contributed by atoms with van der Waals surface area (Å²) in [5.41, 5.74) is 1.85. The molecule has 0 atom stereocenters. The third kappa shape index (κ3) is 7.15. The van der Waals surface area contributed by atoms with Crippen molar-refractivity contribution < 1.29 is 23.5 Å². The molecule has 2 fully saturated rings. The number of likely N-dealkylation sites (tertiary alicyclic amines) is 2. The van der Waals surface area contributed by atoms with Crippen molar-refractivity contribution in [2.75, 3.05) is 33.3 Å². The first-order chi connectivity index (χ1) is 19.5. The van der Waals surface area contributed by atoms with E-state index >= 15 is 0 Å². The molecule has 2 amide bonds. The third-order valence-corrected chi connectivity index (χ3v) is 7.58. The molecule has 9 heteroatoms. The van der Waals surface area contributed by atoms with Crippen LogP contribution in [0, 0.1) is 5.82 Å². The molecular formula is C31H35FN4O4. The Morgan fingerprint density at radius 2 is 1.57 bits per heavy atom. The Morgan fingerprint density at radius 1 is 0.900 bits per heavy atom. The first-order valence-corrected chi connectivity index (χ1v) is 13.8. The van der Waals surface area contributed by atoms with E-state index in [1.54, 1.807) is 19.2 Å². The van der Waals surface area contributed by atoms with E-state index < -0.39 is 0 Å².